The molecule has 1 unspecified atom stereocenters. The Morgan fingerprint density at radius 2 is 2.06 bits per heavy atom. The smallest absolute Gasteiger partial charge is 0.337 e. The SMILES string of the molecule is NC(=O)C1c2cccc(Cl)c2C(C(=O)O)=CN1O. The van der Waals surface area contributed by atoms with Gasteiger partial charge in [-0.1, -0.05) is 23.7 Å². The lowest BCUT2D eigenvalue weighted by Gasteiger charge is -2.29. The third-order valence-corrected chi connectivity index (χ3v) is 2.95. The molecule has 1 aliphatic heterocycles. The Kier molecular flexibility index (Phi) is 2.98. The summed E-state index contributed by atoms with van der Waals surface area (Å²) in [5.74, 6) is -2.06. The maximum atomic E-state index is 11.3. The molecular formula is C11H9ClN2O4. The normalized spacial score (nSPS) is 18.0. The van der Waals surface area contributed by atoms with Crippen molar-refractivity contribution in [2.45, 2.75) is 6.04 Å². The summed E-state index contributed by atoms with van der Waals surface area (Å²) >= 11 is 5.94. The molecule has 7 heteroatoms. The van der Waals surface area contributed by atoms with Crippen molar-refractivity contribution in [1.82, 2.24) is 5.06 Å². The minimum absolute atomic E-state index is 0.181. The molecule has 0 radical (unpaired) electrons. The second-order valence-corrected chi connectivity index (χ2v) is 4.14. The second-order valence-electron chi connectivity index (χ2n) is 3.74. The zero-order valence-corrected chi connectivity index (χ0v) is 9.76. The number of aliphatic carboxylic acids is 1. The average molecular weight is 269 g/mol. The number of hydrogen-bond donors (Lipinski definition) is 3. The summed E-state index contributed by atoms with van der Waals surface area (Å²) in [4.78, 5) is 22.4. The molecule has 1 heterocycles. The van der Waals surface area contributed by atoms with Gasteiger partial charge >= 0.3 is 5.97 Å². The third-order valence-electron chi connectivity index (χ3n) is 2.64. The lowest BCUT2D eigenvalue weighted by atomic mass is 9.91. The Morgan fingerprint density at radius 3 is 2.61 bits per heavy atom. The van der Waals surface area contributed by atoms with E-state index in [4.69, 9.17) is 22.4 Å². The molecule has 1 amide bonds. The standard InChI is InChI=1S/C11H9ClN2O4/c12-7-3-1-2-5-8(7)6(11(16)17)4-14(18)9(5)10(13)15/h1-4,9,18H,(H2,13,15)(H,16,17). The van der Waals surface area contributed by atoms with Crippen molar-refractivity contribution in [2.75, 3.05) is 0 Å². The zero-order chi connectivity index (χ0) is 13.4. The summed E-state index contributed by atoms with van der Waals surface area (Å²) in [5, 5.41) is 19.4. The van der Waals surface area contributed by atoms with Crippen LogP contribution in [0.5, 0.6) is 0 Å². The molecule has 0 saturated heterocycles. The van der Waals surface area contributed by atoms with Gasteiger partial charge in [-0.15, -0.1) is 0 Å². The summed E-state index contributed by atoms with van der Waals surface area (Å²) in [6.45, 7) is 0. The molecule has 1 aliphatic rings. The number of rotatable bonds is 2. The topological polar surface area (TPSA) is 104 Å². The van der Waals surface area contributed by atoms with Gasteiger partial charge in [0.05, 0.1) is 5.57 Å². The van der Waals surface area contributed by atoms with E-state index < -0.39 is 17.9 Å². The van der Waals surface area contributed by atoms with Crippen molar-refractivity contribution in [1.29, 1.82) is 0 Å². The summed E-state index contributed by atoms with van der Waals surface area (Å²) in [5.41, 5.74) is 5.44. The van der Waals surface area contributed by atoms with Crippen LogP contribution in [-0.2, 0) is 9.59 Å². The zero-order valence-electron chi connectivity index (χ0n) is 9.00. The van der Waals surface area contributed by atoms with E-state index in [-0.39, 0.29) is 21.7 Å². The first-order valence-corrected chi connectivity index (χ1v) is 5.31. The lowest BCUT2D eigenvalue weighted by molar-refractivity contribution is -0.140. The van der Waals surface area contributed by atoms with Crippen molar-refractivity contribution in [3.8, 4) is 0 Å². The number of primary amides is 1. The Labute approximate surface area is 107 Å². The molecule has 1 atom stereocenters. The van der Waals surface area contributed by atoms with Crippen LogP contribution >= 0.6 is 11.6 Å². The highest BCUT2D eigenvalue weighted by Gasteiger charge is 2.34. The molecule has 2 rings (SSSR count). The van der Waals surface area contributed by atoms with Gasteiger partial charge in [0.1, 0.15) is 0 Å². The Bertz CT molecular complexity index is 570. The highest BCUT2D eigenvalue weighted by molar-refractivity contribution is 6.34. The summed E-state index contributed by atoms with van der Waals surface area (Å²) in [6, 6.07) is 3.40. The second kappa shape index (κ2) is 4.32. The van der Waals surface area contributed by atoms with Crippen molar-refractivity contribution in [3.05, 3.63) is 40.5 Å². The van der Waals surface area contributed by atoms with Crippen molar-refractivity contribution in [3.63, 3.8) is 0 Å². The van der Waals surface area contributed by atoms with E-state index in [0.717, 1.165) is 6.20 Å². The summed E-state index contributed by atoms with van der Waals surface area (Å²) < 4.78 is 0. The number of amides is 1. The van der Waals surface area contributed by atoms with Crippen LogP contribution in [0.3, 0.4) is 0 Å². The fourth-order valence-electron chi connectivity index (χ4n) is 1.91. The number of carboxylic acids is 1. The van der Waals surface area contributed by atoms with E-state index in [2.05, 4.69) is 0 Å². The molecule has 4 N–H and O–H groups in total. The van der Waals surface area contributed by atoms with Crippen LogP contribution in [0.4, 0.5) is 0 Å². The molecule has 0 aliphatic carbocycles. The molecule has 94 valence electrons. The molecule has 0 aromatic heterocycles. The predicted octanol–water partition coefficient (Wildman–Crippen LogP) is 0.997. The Hall–Kier alpha value is -2.05. The number of halogens is 1. The van der Waals surface area contributed by atoms with Gasteiger partial charge in [-0.3, -0.25) is 10.0 Å². The number of hydrogen-bond acceptors (Lipinski definition) is 4. The minimum Gasteiger partial charge on any atom is -0.478 e. The van der Waals surface area contributed by atoms with E-state index in [0.29, 0.717) is 5.06 Å². The van der Waals surface area contributed by atoms with Crippen LogP contribution in [0.25, 0.3) is 5.57 Å². The van der Waals surface area contributed by atoms with Crippen LogP contribution in [0.2, 0.25) is 5.02 Å². The molecule has 1 aromatic carbocycles. The van der Waals surface area contributed by atoms with E-state index in [1.165, 1.54) is 12.1 Å². The van der Waals surface area contributed by atoms with Crippen LogP contribution in [0.15, 0.2) is 24.4 Å². The van der Waals surface area contributed by atoms with Crippen LogP contribution in [0.1, 0.15) is 17.2 Å². The minimum atomic E-state index is -1.26. The maximum absolute atomic E-state index is 11.3. The quantitative estimate of drug-likeness (QED) is 0.742. The summed E-state index contributed by atoms with van der Waals surface area (Å²) in [6.07, 6.45) is 0.923. The fraction of sp³-hybridized carbons (Fsp3) is 0.0909. The van der Waals surface area contributed by atoms with Crippen molar-refractivity contribution >= 4 is 29.1 Å². The molecule has 1 aromatic rings. The first-order chi connectivity index (χ1) is 8.43. The molecule has 18 heavy (non-hydrogen) atoms. The van der Waals surface area contributed by atoms with Gasteiger partial charge in [0.25, 0.3) is 0 Å². The number of benzene rings is 1. The molecule has 0 fully saturated rings. The number of nitrogens with zero attached hydrogens (tertiary/aromatic N) is 1. The number of hydroxylamine groups is 2. The van der Waals surface area contributed by atoms with Gasteiger partial charge in [0.15, 0.2) is 6.04 Å². The molecule has 0 bridgehead atoms. The van der Waals surface area contributed by atoms with E-state index >= 15 is 0 Å². The van der Waals surface area contributed by atoms with E-state index in [1.807, 2.05) is 0 Å². The first kappa shape index (κ1) is 12.4. The summed E-state index contributed by atoms with van der Waals surface area (Å²) in [7, 11) is 0. The number of nitrogens with two attached hydrogens (primary N) is 1. The predicted molar refractivity (Wildman–Crippen MR) is 62.6 cm³/mol. The Morgan fingerprint density at radius 1 is 1.39 bits per heavy atom. The van der Waals surface area contributed by atoms with E-state index in [1.54, 1.807) is 6.07 Å². The van der Waals surface area contributed by atoms with Gasteiger partial charge in [-0.25, -0.2) is 9.86 Å². The van der Waals surface area contributed by atoms with E-state index in [9.17, 15) is 14.8 Å². The average Bonchev–Trinajstić information content (AvgIpc) is 2.27. The largest absolute Gasteiger partial charge is 0.478 e. The maximum Gasteiger partial charge on any atom is 0.337 e. The van der Waals surface area contributed by atoms with Gasteiger partial charge in [0.2, 0.25) is 5.91 Å². The van der Waals surface area contributed by atoms with Crippen LogP contribution in [-0.4, -0.2) is 27.3 Å². The number of carbonyl (C=O) groups excluding carboxylic acids is 1. The number of carboxylic acid groups (broad SMARTS) is 1. The van der Waals surface area contributed by atoms with Gasteiger partial charge in [-0.2, -0.15) is 0 Å². The first-order valence-electron chi connectivity index (χ1n) is 4.94. The van der Waals surface area contributed by atoms with Crippen LogP contribution < -0.4 is 5.73 Å². The molecule has 6 nitrogen and oxygen atoms in total. The fourth-order valence-corrected chi connectivity index (χ4v) is 2.20. The molecular weight excluding hydrogens is 260 g/mol. The highest BCUT2D eigenvalue weighted by atomic mass is 35.5. The van der Waals surface area contributed by atoms with Crippen LogP contribution in [0, 0.1) is 0 Å². The molecule has 0 saturated carbocycles. The molecule has 0 spiro atoms. The van der Waals surface area contributed by atoms with Crippen molar-refractivity contribution < 1.29 is 19.9 Å². The van der Waals surface area contributed by atoms with Gasteiger partial charge in [0, 0.05) is 16.8 Å². The van der Waals surface area contributed by atoms with Gasteiger partial charge in [-0.05, 0) is 11.6 Å². The van der Waals surface area contributed by atoms with Gasteiger partial charge < -0.3 is 10.8 Å². The van der Waals surface area contributed by atoms with Crippen molar-refractivity contribution in [2.24, 2.45) is 5.73 Å². The highest BCUT2D eigenvalue weighted by Crippen LogP contribution is 2.37. The number of fused-ring (bicyclic) bond motifs is 1. The lowest BCUT2D eigenvalue weighted by Crippen LogP contribution is -2.36. The Balaban J connectivity index is 2.72. The number of carbonyl (C=O) groups is 2. The third kappa shape index (κ3) is 1.81. The monoisotopic (exact) mass is 268 g/mol.